The van der Waals surface area contributed by atoms with Crippen molar-refractivity contribution < 1.29 is 10.0 Å². The van der Waals surface area contributed by atoms with Crippen LogP contribution in [0, 0.1) is 10.1 Å². The lowest BCUT2D eigenvalue weighted by molar-refractivity contribution is -0.386. The molecule has 0 bridgehead atoms. The number of phenolic OH excluding ortho intramolecular Hbond substituents is 1. The van der Waals surface area contributed by atoms with E-state index >= 15 is 0 Å². The Balaban J connectivity index is 2.43. The van der Waals surface area contributed by atoms with E-state index in [9.17, 15) is 15.2 Å². The third kappa shape index (κ3) is 1.74. The van der Waals surface area contributed by atoms with Crippen LogP contribution in [-0.2, 0) is 5.54 Å². The topological polar surface area (TPSA) is 89.4 Å². The molecule has 1 saturated carbocycles. The van der Waals surface area contributed by atoms with Gasteiger partial charge in [0.25, 0.3) is 0 Å². The molecule has 0 radical (unpaired) electrons. The highest BCUT2D eigenvalue weighted by Crippen LogP contribution is 2.39. The minimum absolute atomic E-state index is 0.269. The Morgan fingerprint density at radius 3 is 2.56 bits per heavy atom. The third-order valence-corrected chi connectivity index (χ3v) is 3.24. The maximum atomic E-state index is 10.7. The van der Waals surface area contributed by atoms with Gasteiger partial charge in [-0.1, -0.05) is 18.9 Å². The van der Waals surface area contributed by atoms with Gasteiger partial charge in [-0.3, -0.25) is 10.1 Å². The summed E-state index contributed by atoms with van der Waals surface area (Å²) in [5.74, 6) is -0.310. The molecule has 1 aliphatic carbocycles. The predicted molar refractivity (Wildman–Crippen MR) is 59.1 cm³/mol. The number of nitrogens with zero attached hydrogens (tertiary/aromatic N) is 1. The van der Waals surface area contributed by atoms with E-state index < -0.39 is 10.5 Å². The van der Waals surface area contributed by atoms with E-state index in [1.807, 2.05) is 0 Å². The van der Waals surface area contributed by atoms with Crippen LogP contribution in [0.5, 0.6) is 5.75 Å². The van der Waals surface area contributed by atoms with E-state index in [4.69, 9.17) is 5.73 Å². The first-order valence-corrected chi connectivity index (χ1v) is 5.30. The summed E-state index contributed by atoms with van der Waals surface area (Å²) >= 11 is 0. The number of hydrogen-bond donors (Lipinski definition) is 2. The molecular formula is C11H14N2O3. The molecule has 86 valence electrons. The van der Waals surface area contributed by atoms with Crippen molar-refractivity contribution in [1.82, 2.24) is 0 Å². The Hall–Kier alpha value is -1.62. The molecule has 1 aromatic carbocycles. The summed E-state index contributed by atoms with van der Waals surface area (Å²) in [4.78, 5) is 10.1. The first-order chi connectivity index (χ1) is 7.53. The first-order valence-electron chi connectivity index (χ1n) is 5.30. The summed E-state index contributed by atoms with van der Waals surface area (Å²) in [6.07, 6.45) is 3.78. The van der Waals surface area contributed by atoms with Gasteiger partial charge in [-0.15, -0.1) is 0 Å². The van der Waals surface area contributed by atoms with Gasteiger partial charge >= 0.3 is 5.69 Å². The van der Waals surface area contributed by atoms with E-state index in [-0.39, 0.29) is 11.4 Å². The van der Waals surface area contributed by atoms with Crippen LogP contribution < -0.4 is 5.73 Å². The Morgan fingerprint density at radius 1 is 1.38 bits per heavy atom. The number of nitro benzene ring substituents is 1. The van der Waals surface area contributed by atoms with Crippen LogP contribution in [0.4, 0.5) is 5.69 Å². The number of nitrogens with two attached hydrogens (primary N) is 1. The van der Waals surface area contributed by atoms with Crippen molar-refractivity contribution >= 4 is 5.69 Å². The largest absolute Gasteiger partial charge is 0.502 e. The molecule has 1 aliphatic rings. The molecule has 1 aromatic rings. The Labute approximate surface area is 93.0 Å². The molecule has 16 heavy (non-hydrogen) atoms. The molecule has 0 heterocycles. The molecule has 0 unspecified atom stereocenters. The molecule has 0 saturated heterocycles. The highest BCUT2D eigenvalue weighted by Gasteiger charge is 2.32. The van der Waals surface area contributed by atoms with Gasteiger partial charge in [-0.05, 0) is 24.5 Å². The van der Waals surface area contributed by atoms with Crippen LogP contribution in [0.3, 0.4) is 0 Å². The fourth-order valence-corrected chi connectivity index (χ4v) is 2.27. The van der Waals surface area contributed by atoms with Gasteiger partial charge in [0.2, 0.25) is 0 Å². The fourth-order valence-electron chi connectivity index (χ4n) is 2.27. The van der Waals surface area contributed by atoms with Crippen molar-refractivity contribution in [2.45, 2.75) is 31.2 Å². The van der Waals surface area contributed by atoms with Gasteiger partial charge in [-0.2, -0.15) is 0 Å². The number of hydrogen-bond acceptors (Lipinski definition) is 4. The number of benzene rings is 1. The van der Waals surface area contributed by atoms with Gasteiger partial charge in [-0.25, -0.2) is 0 Å². The molecule has 1 fully saturated rings. The zero-order valence-electron chi connectivity index (χ0n) is 8.85. The summed E-state index contributed by atoms with van der Waals surface area (Å²) in [6, 6.07) is 4.41. The lowest BCUT2D eigenvalue weighted by Crippen LogP contribution is -2.33. The highest BCUT2D eigenvalue weighted by atomic mass is 16.6. The van der Waals surface area contributed by atoms with Crippen molar-refractivity contribution in [2.75, 3.05) is 0 Å². The SMILES string of the molecule is NC1(c2ccc(O)c([N+](=O)[O-])c2)CCCC1. The number of nitro groups is 1. The van der Waals surface area contributed by atoms with Gasteiger partial charge in [0, 0.05) is 11.6 Å². The minimum Gasteiger partial charge on any atom is -0.502 e. The van der Waals surface area contributed by atoms with Gasteiger partial charge in [0.05, 0.1) is 4.92 Å². The number of aromatic hydroxyl groups is 1. The first kappa shape index (κ1) is 10.9. The molecule has 0 atom stereocenters. The van der Waals surface area contributed by atoms with Crippen molar-refractivity contribution in [1.29, 1.82) is 0 Å². The normalized spacial score (nSPS) is 18.6. The van der Waals surface area contributed by atoms with Crippen LogP contribution in [0.15, 0.2) is 18.2 Å². The maximum absolute atomic E-state index is 10.7. The average Bonchev–Trinajstić information content (AvgIpc) is 2.66. The molecule has 5 heteroatoms. The Bertz CT molecular complexity index is 425. The van der Waals surface area contributed by atoms with E-state index in [2.05, 4.69) is 0 Å². The zero-order valence-corrected chi connectivity index (χ0v) is 8.85. The summed E-state index contributed by atoms with van der Waals surface area (Å²) in [6.45, 7) is 0. The number of phenols is 1. The summed E-state index contributed by atoms with van der Waals surface area (Å²) in [7, 11) is 0. The van der Waals surface area contributed by atoms with Crippen molar-refractivity contribution in [3.05, 3.63) is 33.9 Å². The smallest absolute Gasteiger partial charge is 0.311 e. The van der Waals surface area contributed by atoms with Crippen LogP contribution in [0.1, 0.15) is 31.2 Å². The van der Waals surface area contributed by atoms with Crippen LogP contribution >= 0.6 is 0 Å². The van der Waals surface area contributed by atoms with Gasteiger partial charge in [0.15, 0.2) is 5.75 Å². The second-order valence-corrected chi connectivity index (χ2v) is 4.32. The van der Waals surface area contributed by atoms with Gasteiger partial charge in [0.1, 0.15) is 0 Å². The van der Waals surface area contributed by atoms with E-state index in [0.717, 1.165) is 31.2 Å². The van der Waals surface area contributed by atoms with Crippen LogP contribution in [0.25, 0.3) is 0 Å². The third-order valence-electron chi connectivity index (χ3n) is 3.24. The monoisotopic (exact) mass is 222 g/mol. The standard InChI is InChI=1S/C11H14N2O3/c12-11(5-1-2-6-11)8-3-4-10(14)9(7-8)13(15)16/h3-4,7,14H,1-2,5-6,12H2. The molecular weight excluding hydrogens is 208 g/mol. The van der Waals surface area contributed by atoms with Gasteiger partial charge < -0.3 is 10.8 Å². The van der Waals surface area contributed by atoms with Crippen molar-refractivity contribution in [3.63, 3.8) is 0 Å². The minimum atomic E-state index is -0.586. The van der Waals surface area contributed by atoms with Crippen LogP contribution in [-0.4, -0.2) is 10.0 Å². The quantitative estimate of drug-likeness (QED) is 0.591. The molecule has 0 aliphatic heterocycles. The van der Waals surface area contributed by atoms with Crippen molar-refractivity contribution in [2.24, 2.45) is 5.73 Å². The van der Waals surface area contributed by atoms with E-state index in [1.165, 1.54) is 12.1 Å². The molecule has 3 N–H and O–H groups in total. The molecule has 0 aromatic heterocycles. The summed E-state index contributed by atoms with van der Waals surface area (Å²) < 4.78 is 0. The van der Waals surface area contributed by atoms with E-state index in [0.29, 0.717) is 0 Å². The average molecular weight is 222 g/mol. The predicted octanol–water partition coefficient (Wildman–Crippen LogP) is 2.03. The summed E-state index contributed by atoms with van der Waals surface area (Å²) in [5.41, 5.74) is 6.21. The maximum Gasteiger partial charge on any atom is 0.311 e. The second-order valence-electron chi connectivity index (χ2n) is 4.32. The molecule has 0 amide bonds. The lowest BCUT2D eigenvalue weighted by atomic mass is 9.89. The van der Waals surface area contributed by atoms with E-state index in [1.54, 1.807) is 6.07 Å². The second kappa shape index (κ2) is 3.75. The lowest BCUT2D eigenvalue weighted by Gasteiger charge is -2.23. The number of rotatable bonds is 2. The highest BCUT2D eigenvalue weighted by molar-refractivity contribution is 5.49. The summed E-state index contributed by atoms with van der Waals surface area (Å²) in [5, 5.41) is 20.0. The van der Waals surface area contributed by atoms with Crippen LogP contribution in [0.2, 0.25) is 0 Å². The Morgan fingerprint density at radius 2 is 2.00 bits per heavy atom. The van der Waals surface area contributed by atoms with Crippen molar-refractivity contribution in [3.8, 4) is 5.75 Å². The zero-order chi connectivity index (χ0) is 11.8. The molecule has 5 nitrogen and oxygen atoms in total. The Kier molecular flexibility index (Phi) is 2.55. The molecule has 0 spiro atoms. The fraction of sp³-hybridized carbons (Fsp3) is 0.455. The molecule has 2 rings (SSSR count).